The van der Waals surface area contributed by atoms with Crippen molar-refractivity contribution in [3.8, 4) is 0 Å². The molecule has 1 fully saturated rings. The normalized spacial score (nSPS) is 17.0. The van der Waals surface area contributed by atoms with Gasteiger partial charge in [0.05, 0.1) is 24.9 Å². The maximum atomic E-state index is 14.2. The van der Waals surface area contributed by atoms with E-state index in [0.29, 0.717) is 0 Å². The lowest BCUT2D eigenvalue weighted by Crippen LogP contribution is -3.34. The van der Waals surface area contributed by atoms with Gasteiger partial charge < -0.3 is 4.74 Å². The summed E-state index contributed by atoms with van der Waals surface area (Å²) < 4.78 is 52.1. The van der Waals surface area contributed by atoms with E-state index in [-0.39, 0.29) is 29.5 Å². The smallest absolute Gasteiger partial charge is 0.377 e. The first-order chi connectivity index (χ1) is 10.8. The van der Waals surface area contributed by atoms with Crippen LogP contribution in [0.4, 0.5) is 4.39 Å². The van der Waals surface area contributed by atoms with Crippen molar-refractivity contribution < 1.29 is 48.4 Å². The number of hydrogen-bond donors (Lipinski definition) is 1. The van der Waals surface area contributed by atoms with E-state index in [9.17, 15) is 17.6 Å². The number of sulfonamides is 1. The van der Waals surface area contributed by atoms with E-state index in [2.05, 4.69) is 12.8 Å². The molecule has 11 heteroatoms. The minimum absolute atomic E-state index is 0.0243. The van der Waals surface area contributed by atoms with E-state index >= 15 is 0 Å². The van der Waals surface area contributed by atoms with Crippen LogP contribution in [0.15, 0.2) is 23.4 Å². The average Bonchev–Trinajstić information content (AvgIpc) is 2.89. The van der Waals surface area contributed by atoms with Crippen LogP contribution in [0.2, 0.25) is 0 Å². The van der Waals surface area contributed by atoms with Crippen molar-refractivity contribution in [1.29, 1.82) is 0 Å². The molecule has 0 atom stereocenters. The van der Waals surface area contributed by atoms with Gasteiger partial charge in [-0.05, 0) is 13.0 Å². The lowest BCUT2D eigenvalue weighted by Gasteiger charge is -2.38. The van der Waals surface area contributed by atoms with Gasteiger partial charge >= 0.3 is 29.0 Å². The number of nitrogens with one attached hydrogen (secondary N) is 1. The third-order valence-electron chi connectivity index (χ3n) is 3.36. The molecule has 8 nitrogen and oxygen atoms in total. The van der Waals surface area contributed by atoms with Crippen molar-refractivity contribution in [3.63, 3.8) is 0 Å². The molecule has 0 aliphatic carbocycles. The Morgan fingerprint density at radius 2 is 2.26 bits per heavy atom. The fraction of sp³-hybridized carbons (Fsp3) is 0.333. The van der Waals surface area contributed by atoms with Crippen molar-refractivity contribution in [1.82, 2.24) is 14.1 Å². The quantitative estimate of drug-likeness (QED) is 0.490. The monoisotopic (exact) mass is 456 g/mol. The van der Waals surface area contributed by atoms with E-state index in [1.807, 2.05) is 0 Å². The highest BCUT2D eigenvalue weighted by Crippen LogP contribution is 2.22. The van der Waals surface area contributed by atoms with Gasteiger partial charge in [-0.15, -0.1) is 0 Å². The fourth-order valence-corrected chi connectivity index (χ4v) is 3.82. The van der Waals surface area contributed by atoms with Gasteiger partial charge in [0, 0.05) is 6.20 Å². The minimum Gasteiger partial charge on any atom is -0.377 e. The Labute approximate surface area is 144 Å². The second-order valence-electron chi connectivity index (χ2n) is 5.39. The first kappa shape index (κ1) is 16.5. The molecule has 0 saturated carbocycles. The van der Waals surface area contributed by atoms with Gasteiger partial charge in [0.15, 0.2) is 0 Å². The number of halogens is 2. The SMILES string of the molecule is CC1(NS(=O)(=O)c2cc(F)c3cnc(C(=O)O[IH+])n3c2)COC1. The van der Waals surface area contributed by atoms with Crippen LogP contribution in [0.3, 0.4) is 0 Å². The van der Waals surface area contributed by atoms with Gasteiger partial charge in [-0.25, -0.2) is 30.4 Å². The summed E-state index contributed by atoms with van der Waals surface area (Å²) in [6, 6.07) is 0.879. The van der Waals surface area contributed by atoms with Gasteiger partial charge in [0.25, 0.3) is 0 Å². The van der Waals surface area contributed by atoms with E-state index in [4.69, 9.17) is 4.74 Å². The van der Waals surface area contributed by atoms with Crippen LogP contribution in [-0.2, 0) is 17.8 Å². The molecule has 0 spiro atoms. The zero-order valence-corrected chi connectivity index (χ0v) is 14.9. The highest BCUT2D eigenvalue weighted by molar-refractivity contribution is 7.89. The summed E-state index contributed by atoms with van der Waals surface area (Å²) in [5, 5.41) is 0. The third kappa shape index (κ3) is 2.93. The molecule has 0 amide bonds. The highest BCUT2D eigenvalue weighted by atomic mass is 127. The lowest BCUT2D eigenvalue weighted by molar-refractivity contribution is -0.653. The summed E-state index contributed by atoms with van der Waals surface area (Å²) in [5.74, 6) is -1.82. The third-order valence-corrected chi connectivity index (χ3v) is 5.39. The maximum Gasteiger partial charge on any atom is 0.520 e. The van der Waals surface area contributed by atoms with E-state index in [0.717, 1.165) is 45.9 Å². The lowest BCUT2D eigenvalue weighted by atomic mass is 10.0. The Bertz CT molecular complexity index is 893. The summed E-state index contributed by atoms with van der Waals surface area (Å²) >= 11 is 1.08. The first-order valence-corrected chi connectivity index (χ1v) is 8.82. The van der Waals surface area contributed by atoms with Gasteiger partial charge in [-0.1, -0.05) is 0 Å². The molecule has 2 aromatic rings. The number of hydrogen-bond acceptors (Lipinski definition) is 6. The molecule has 1 aliphatic rings. The van der Waals surface area contributed by atoms with E-state index < -0.39 is 27.3 Å². The van der Waals surface area contributed by atoms with Crippen LogP contribution >= 0.6 is 0 Å². The number of aromatic nitrogens is 2. The molecule has 1 aliphatic heterocycles. The molecular formula is C12H12FIN3O5S+. The summed E-state index contributed by atoms with van der Waals surface area (Å²) in [6.45, 7) is 2.14. The summed E-state index contributed by atoms with van der Waals surface area (Å²) in [7, 11) is -3.99. The molecule has 124 valence electrons. The fourth-order valence-electron chi connectivity index (χ4n) is 2.22. The van der Waals surface area contributed by atoms with E-state index in [1.54, 1.807) is 6.92 Å². The number of rotatable bonds is 4. The second kappa shape index (κ2) is 5.65. The van der Waals surface area contributed by atoms with Crippen molar-refractivity contribution >= 4 is 21.5 Å². The predicted octanol–water partition coefficient (Wildman–Crippen LogP) is -3.10. The Morgan fingerprint density at radius 3 is 2.83 bits per heavy atom. The molecule has 3 heterocycles. The largest absolute Gasteiger partial charge is 0.520 e. The van der Waals surface area contributed by atoms with Crippen molar-refractivity contribution in [3.05, 3.63) is 30.1 Å². The number of pyridine rings is 1. The number of ether oxygens (including phenoxy) is 1. The van der Waals surface area contributed by atoms with E-state index in [1.165, 1.54) is 0 Å². The zero-order chi connectivity index (χ0) is 16.8. The van der Waals surface area contributed by atoms with Gasteiger partial charge in [-0.2, -0.15) is 0 Å². The van der Waals surface area contributed by atoms with Crippen LogP contribution in [0.5, 0.6) is 0 Å². The Balaban J connectivity index is 2.09. The molecule has 1 saturated heterocycles. The number of imidazole rings is 1. The van der Waals surface area contributed by atoms with Crippen molar-refractivity contribution in [2.45, 2.75) is 17.4 Å². The number of carbonyl (C=O) groups is 1. The second-order valence-corrected chi connectivity index (χ2v) is 7.55. The molecule has 0 radical (unpaired) electrons. The molecular weight excluding hydrogens is 444 g/mol. The summed E-state index contributed by atoms with van der Waals surface area (Å²) in [4.78, 5) is 15.1. The van der Waals surface area contributed by atoms with Crippen molar-refractivity contribution in [2.75, 3.05) is 13.2 Å². The van der Waals surface area contributed by atoms with Gasteiger partial charge in [-0.3, -0.25) is 4.40 Å². The van der Waals surface area contributed by atoms with Crippen molar-refractivity contribution in [2.24, 2.45) is 0 Å². The zero-order valence-electron chi connectivity index (χ0n) is 11.8. The van der Waals surface area contributed by atoms with Gasteiger partial charge in [0.1, 0.15) is 16.2 Å². The Hall–Kier alpha value is -1.31. The van der Waals surface area contributed by atoms with Crippen LogP contribution in [0.25, 0.3) is 5.52 Å². The molecule has 23 heavy (non-hydrogen) atoms. The topological polar surface area (TPSA) is 99.0 Å². The van der Waals surface area contributed by atoms with Crippen LogP contribution in [0.1, 0.15) is 17.5 Å². The number of nitrogens with zero attached hydrogens (tertiary/aromatic N) is 2. The van der Waals surface area contributed by atoms with Crippen LogP contribution in [-0.4, -0.2) is 42.5 Å². The highest BCUT2D eigenvalue weighted by Gasteiger charge is 2.38. The predicted molar refractivity (Wildman–Crippen MR) is 71.5 cm³/mol. The molecule has 2 aromatic heterocycles. The minimum atomic E-state index is -3.99. The molecule has 0 bridgehead atoms. The van der Waals surface area contributed by atoms with Gasteiger partial charge in [0.2, 0.25) is 15.8 Å². The molecule has 3 rings (SSSR count). The summed E-state index contributed by atoms with van der Waals surface area (Å²) in [5.41, 5.74) is -0.756. The maximum absolute atomic E-state index is 14.2. The number of carbonyl (C=O) groups excluding carboxylic acids is 1. The first-order valence-electron chi connectivity index (χ1n) is 6.38. The Morgan fingerprint density at radius 1 is 1.57 bits per heavy atom. The standard InChI is InChI=1S/C12H12FIN3O5S/c1-12(5-21-6-12)16-23(19,20)7-2-8(13)9-3-15-10(11(18)22-14)17(9)4-7/h2-4,14,16H,5-6H2,1H3/q+1. The average molecular weight is 456 g/mol. The van der Waals surface area contributed by atoms with Crippen LogP contribution < -0.4 is 27.7 Å². The number of fused-ring (bicyclic) bond motifs is 1. The Kier molecular flexibility index (Phi) is 4.06. The van der Waals surface area contributed by atoms with Crippen LogP contribution in [0, 0.1) is 5.82 Å². The molecule has 0 aromatic carbocycles. The molecule has 1 N–H and O–H groups in total. The molecule has 0 unspecified atom stereocenters. The summed E-state index contributed by atoms with van der Waals surface area (Å²) in [6.07, 6.45) is 2.26.